The summed E-state index contributed by atoms with van der Waals surface area (Å²) in [7, 11) is 0. The first-order valence-corrected chi connectivity index (χ1v) is 6.78. The number of nitrogens with one attached hydrogen (secondary N) is 1. The molecule has 0 fully saturated rings. The van der Waals surface area contributed by atoms with E-state index < -0.39 is 11.9 Å². The lowest BCUT2D eigenvalue weighted by Crippen LogP contribution is -2.44. The number of hydrogen-bond acceptors (Lipinski definition) is 3. The van der Waals surface area contributed by atoms with Crippen molar-refractivity contribution in [2.24, 2.45) is 5.92 Å². The molecule has 1 aromatic carbocycles. The fraction of sp³-hybridized carbons (Fsp3) is 0.467. The van der Waals surface area contributed by atoms with E-state index in [1.165, 1.54) is 0 Å². The zero-order valence-corrected chi connectivity index (χ0v) is 12.2. The highest BCUT2D eigenvalue weighted by Crippen LogP contribution is 2.10. The number of aliphatic carboxylic acids is 1. The van der Waals surface area contributed by atoms with Gasteiger partial charge in [-0.2, -0.15) is 0 Å². The number of carbonyl (C=O) groups is 2. The molecular formula is C15H22N2O3. The van der Waals surface area contributed by atoms with Crippen LogP contribution < -0.4 is 5.32 Å². The van der Waals surface area contributed by atoms with Crippen LogP contribution in [0.5, 0.6) is 0 Å². The van der Waals surface area contributed by atoms with Crippen molar-refractivity contribution in [3.8, 4) is 0 Å². The Morgan fingerprint density at radius 3 is 2.35 bits per heavy atom. The second-order valence-corrected chi connectivity index (χ2v) is 4.86. The fourth-order valence-electron chi connectivity index (χ4n) is 1.92. The minimum Gasteiger partial charge on any atom is -0.481 e. The molecule has 2 N–H and O–H groups in total. The molecule has 1 amide bonds. The summed E-state index contributed by atoms with van der Waals surface area (Å²) in [6.07, 6.45) is 0. The van der Waals surface area contributed by atoms with Crippen molar-refractivity contribution in [2.45, 2.75) is 26.8 Å². The third-order valence-corrected chi connectivity index (χ3v) is 3.30. The van der Waals surface area contributed by atoms with Crippen LogP contribution in [0.3, 0.4) is 0 Å². The Hall–Kier alpha value is -1.88. The average Bonchev–Trinajstić information content (AvgIpc) is 2.44. The predicted molar refractivity (Wildman–Crippen MR) is 78.6 cm³/mol. The molecule has 20 heavy (non-hydrogen) atoms. The van der Waals surface area contributed by atoms with Gasteiger partial charge in [0.25, 0.3) is 0 Å². The van der Waals surface area contributed by atoms with Crippen molar-refractivity contribution in [2.75, 3.05) is 18.4 Å². The molecule has 0 radical (unpaired) electrons. The number of para-hydroxylation sites is 1. The molecule has 1 aromatic rings. The number of nitrogens with zero attached hydrogens (tertiary/aromatic N) is 1. The molecule has 2 unspecified atom stereocenters. The lowest BCUT2D eigenvalue weighted by atomic mass is 10.1. The molecule has 0 heterocycles. The first-order valence-electron chi connectivity index (χ1n) is 6.78. The van der Waals surface area contributed by atoms with E-state index in [4.69, 9.17) is 5.11 Å². The summed E-state index contributed by atoms with van der Waals surface area (Å²) in [5.41, 5.74) is 0.742. The van der Waals surface area contributed by atoms with Crippen molar-refractivity contribution in [1.82, 2.24) is 4.90 Å². The molecule has 110 valence electrons. The van der Waals surface area contributed by atoms with Crippen LogP contribution in [0.4, 0.5) is 5.69 Å². The minimum atomic E-state index is -0.848. The number of rotatable bonds is 7. The maximum atomic E-state index is 12.2. The van der Waals surface area contributed by atoms with Crippen LogP contribution in [-0.2, 0) is 9.59 Å². The molecular weight excluding hydrogens is 256 g/mol. The van der Waals surface area contributed by atoms with E-state index in [9.17, 15) is 9.59 Å². The standard InChI is InChI=1S/C15H22N2O3/c1-4-17(10-11(2)15(19)20)12(3)14(18)16-13-8-6-5-7-9-13/h5-9,11-12H,4,10H2,1-3H3,(H,16,18)(H,19,20). The van der Waals surface area contributed by atoms with E-state index in [2.05, 4.69) is 5.32 Å². The van der Waals surface area contributed by atoms with Gasteiger partial charge in [0.2, 0.25) is 5.91 Å². The first-order chi connectivity index (χ1) is 9.45. The minimum absolute atomic E-state index is 0.129. The molecule has 0 aliphatic carbocycles. The number of carboxylic acids is 1. The number of benzene rings is 1. The zero-order valence-electron chi connectivity index (χ0n) is 12.2. The Morgan fingerprint density at radius 1 is 1.25 bits per heavy atom. The SMILES string of the molecule is CCN(CC(C)C(=O)O)C(C)C(=O)Nc1ccccc1. The summed E-state index contributed by atoms with van der Waals surface area (Å²) in [5.74, 6) is -1.48. The molecule has 0 saturated carbocycles. The fourth-order valence-corrected chi connectivity index (χ4v) is 1.92. The summed E-state index contributed by atoms with van der Waals surface area (Å²) in [6, 6.07) is 8.85. The first kappa shape index (κ1) is 16.2. The van der Waals surface area contributed by atoms with Gasteiger partial charge in [0.1, 0.15) is 0 Å². The van der Waals surface area contributed by atoms with Crippen LogP contribution in [0.1, 0.15) is 20.8 Å². The molecule has 0 spiro atoms. The van der Waals surface area contributed by atoms with Crippen LogP contribution in [0.2, 0.25) is 0 Å². The van der Waals surface area contributed by atoms with E-state index in [0.717, 1.165) is 5.69 Å². The van der Waals surface area contributed by atoms with E-state index in [1.807, 2.05) is 42.2 Å². The van der Waals surface area contributed by atoms with Crippen LogP contribution >= 0.6 is 0 Å². The highest BCUT2D eigenvalue weighted by molar-refractivity contribution is 5.94. The number of amides is 1. The zero-order chi connectivity index (χ0) is 15.1. The highest BCUT2D eigenvalue weighted by Gasteiger charge is 2.23. The lowest BCUT2D eigenvalue weighted by Gasteiger charge is -2.28. The summed E-state index contributed by atoms with van der Waals surface area (Å²) in [5, 5.41) is 11.8. The third kappa shape index (κ3) is 4.66. The molecule has 0 aliphatic rings. The normalized spacial score (nSPS) is 13.8. The molecule has 0 saturated heterocycles. The van der Waals surface area contributed by atoms with Gasteiger partial charge in [-0.3, -0.25) is 14.5 Å². The Labute approximate surface area is 119 Å². The van der Waals surface area contributed by atoms with Gasteiger partial charge >= 0.3 is 5.97 Å². The second-order valence-electron chi connectivity index (χ2n) is 4.86. The van der Waals surface area contributed by atoms with Gasteiger partial charge in [0.15, 0.2) is 0 Å². The van der Waals surface area contributed by atoms with E-state index in [-0.39, 0.29) is 11.9 Å². The Bertz CT molecular complexity index is 448. The van der Waals surface area contributed by atoms with Crippen LogP contribution in [-0.4, -0.2) is 41.0 Å². The van der Waals surface area contributed by atoms with Crippen molar-refractivity contribution < 1.29 is 14.7 Å². The molecule has 0 bridgehead atoms. The van der Waals surface area contributed by atoms with Crippen LogP contribution in [0.15, 0.2) is 30.3 Å². The van der Waals surface area contributed by atoms with Gasteiger partial charge in [-0.05, 0) is 25.6 Å². The molecule has 5 nitrogen and oxygen atoms in total. The average molecular weight is 278 g/mol. The number of carbonyl (C=O) groups excluding carboxylic acids is 1. The summed E-state index contributed by atoms with van der Waals surface area (Å²) in [6.45, 7) is 6.33. The van der Waals surface area contributed by atoms with Crippen LogP contribution in [0.25, 0.3) is 0 Å². The summed E-state index contributed by atoms with van der Waals surface area (Å²) in [4.78, 5) is 24.9. The van der Waals surface area contributed by atoms with Crippen molar-refractivity contribution in [3.05, 3.63) is 30.3 Å². The quantitative estimate of drug-likeness (QED) is 0.801. The number of hydrogen-bond donors (Lipinski definition) is 2. The van der Waals surface area contributed by atoms with E-state index in [1.54, 1.807) is 13.8 Å². The van der Waals surface area contributed by atoms with Crippen molar-refractivity contribution in [3.63, 3.8) is 0 Å². The van der Waals surface area contributed by atoms with E-state index in [0.29, 0.717) is 13.1 Å². The smallest absolute Gasteiger partial charge is 0.307 e. The summed E-state index contributed by atoms with van der Waals surface area (Å²) >= 11 is 0. The van der Waals surface area contributed by atoms with Gasteiger partial charge in [-0.15, -0.1) is 0 Å². The number of anilines is 1. The van der Waals surface area contributed by atoms with Gasteiger partial charge in [0, 0.05) is 12.2 Å². The number of carboxylic acid groups (broad SMARTS) is 1. The monoisotopic (exact) mass is 278 g/mol. The second kappa shape index (κ2) is 7.65. The number of likely N-dealkylation sites (N-methyl/N-ethyl adjacent to an activating group) is 1. The molecule has 0 aromatic heterocycles. The largest absolute Gasteiger partial charge is 0.481 e. The lowest BCUT2D eigenvalue weighted by molar-refractivity contribution is -0.142. The maximum absolute atomic E-state index is 12.2. The topological polar surface area (TPSA) is 69.6 Å². The van der Waals surface area contributed by atoms with Gasteiger partial charge in [-0.25, -0.2) is 0 Å². The molecule has 1 rings (SSSR count). The Kier molecular flexibility index (Phi) is 6.18. The Balaban J connectivity index is 2.63. The van der Waals surface area contributed by atoms with Gasteiger partial charge < -0.3 is 10.4 Å². The molecule has 2 atom stereocenters. The molecule has 5 heteroatoms. The maximum Gasteiger partial charge on any atom is 0.307 e. The van der Waals surface area contributed by atoms with Crippen molar-refractivity contribution >= 4 is 17.6 Å². The van der Waals surface area contributed by atoms with Gasteiger partial charge in [0.05, 0.1) is 12.0 Å². The van der Waals surface area contributed by atoms with E-state index >= 15 is 0 Å². The van der Waals surface area contributed by atoms with Crippen LogP contribution in [0, 0.1) is 5.92 Å². The predicted octanol–water partition coefficient (Wildman–Crippen LogP) is 2.06. The Morgan fingerprint density at radius 2 is 1.85 bits per heavy atom. The highest BCUT2D eigenvalue weighted by atomic mass is 16.4. The van der Waals surface area contributed by atoms with Crippen molar-refractivity contribution in [1.29, 1.82) is 0 Å². The third-order valence-electron chi connectivity index (χ3n) is 3.30. The van der Waals surface area contributed by atoms with Gasteiger partial charge in [-0.1, -0.05) is 32.0 Å². The molecule has 0 aliphatic heterocycles. The summed E-state index contributed by atoms with van der Waals surface area (Å²) < 4.78 is 0.